The minimum atomic E-state index is -3.63. The second-order valence-electron chi connectivity index (χ2n) is 4.74. The number of rotatable bonds is 5. The Morgan fingerprint density at radius 2 is 1.76 bits per heavy atom. The summed E-state index contributed by atoms with van der Waals surface area (Å²) in [4.78, 5) is 12.7. The average molecular weight is 264 g/mol. The molecule has 1 N–H and O–H groups in total. The number of carboxylic acid groups (broad SMARTS) is 1. The van der Waals surface area contributed by atoms with Gasteiger partial charge in [0.25, 0.3) is 0 Å². The summed E-state index contributed by atoms with van der Waals surface area (Å²) >= 11 is 0. The molecule has 0 atom stereocenters. The highest BCUT2D eigenvalue weighted by Gasteiger charge is 2.28. The molecule has 0 bridgehead atoms. The van der Waals surface area contributed by atoms with Gasteiger partial charge >= 0.3 is 5.97 Å². The fraction of sp³-hybridized carbons (Fsp3) is 0.900. The fourth-order valence-electron chi connectivity index (χ4n) is 1.95. The van der Waals surface area contributed by atoms with Gasteiger partial charge in [-0.15, -0.1) is 0 Å². The lowest BCUT2D eigenvalue weighted by molar-refractivity contribution is -0.134. The molecule has 0 spiro atoms. The molecule has 0 aromatic rings. The summed E-state index contributed by atoms with van der Waals surface area (Å²) in [6.07, 6.45) is 0. The zero-order chi connectivity index (χ0) is 13.1. The number of hydrogen-bond acceptors (Lipinski definition) is 4. The van der Waals surface area contributed by atoms with E-state index in [0.717, 1.165) is 6.54 Å². The van der Waals surface area contributed by atoms with E-state index in [1.165, 1.54) is 4.31 Å². The lowest BCUT2D eigenvalue weighted by atomic mass is 10.2. The second-order valence-corrected chi connectivity index (χ2v) is 6.71. The van der Waals surface area contributed by atoms with E-state index in [4.69, 9.17) is 5.11 Å². The second kappa shape index (κ2) is 5.79. The Morgan fingerprint density at radius 1 is 1.24 bits per heavy atom. The standard InChI is InChI=1S/C10H20N2O4S/c1-9(2)7-11-3-5-12(6-4-11)17(15,16)8-10(13)14/h9H,3-8H2,1-2H3,(H,13,14). The van der Waals surface area contributed by atoms with Crippen molar-refractivity contribution < 1.29 is 18.3 Å². The maximum atomic E-state index is 11.7. The van der Waals surface area contributed by atoms with E-state index in [2.05, 4.69) is 18.7 Å². The van der Waals surface area contributed by atoms with E-state index in [9.17, 15) is 13.2 Å². The minimum absolute atomic E-state index is 0.391. The zero-order valence-corrected chi connectivity index (χ0v) is 11.1. The maximum absolute atomic E-state index is 11.7. The first-order valence-electron chi connectivity index (χ1n) is 5.73. The first-order valence-corrected chi connectivity index (χ1v) is 7.34. The number of carboxylic acids is 1. The molecule has 0 unspecified atom stereocenters. The Kier molecular flexibility index (Phi) is 4.91. The molecule has 6 nitrogen and oxygen atoms in total. The highest BCUT2D eigenvalue weighted by molar-refractivity contribution is 7.89. The van der Waals surface area contributed by atoms with Crippen LogP contribution in [0.4, 0.5) is 0 Å². The van der Waals surface area contributed by atoms with Crippen LogP contribution < -0.4 is 0 Å². The molecule has 17 heavy (non-hydrogen) atoms. The Morgan fingerprint density at radius 3 is 2.18 bits per heavy atom. The highest BCUT2D eigenvalue weighted by atomic mass is 32.2. The van der Waals surface area contributed by atoms with Gasteiger partial charge in [-0.25, -0.2) is 8.42 Å². The van der Waals surface area contributed by atoms with Crippen molar-refractivity contribution in [2.75, 3.05) is 38.5 Å². The molecule has 1 fully saturated rings. The lowest BCUT2D eigenvalue weighted by Crippen LogP contribution is -2.50. The molecule has 0 radical (unpaired) electrons. The van der Waals surface area contributed by atoms with Gasteiger partial charge in [0.05, 0.1) is 0 Å². The third kappa shape index (κ3) is 4.61. The van der Waals surface area contributed by atoms with Crippen LogP contribution in [0.15, 0.2) is 0 Å². The third-order valence-corrected chi connectivity index (χ3v) is 4.42. The summed E-state index contributed by atoms with van der Waals surface area (Å²) in [6.45, 7) is 7.33. The Hall–Kier alpha value is -0.660. The van der Waals surface area contributed by atoms with Gasteiger partial charge in [0.1, 0.15) is 0 Å². The summed E-state index contributed by atoms with van der Waals surface area (Å²) in [6, 6.07) is 0. The van der Waals surface area contributed by atoms with E-state index in [1.54, 1.807) is 0 Å². The largest absolute Gasteiger partial charge is 0.480 e. The van der Waals surface area contributed by atoms with Crippen molar-refractivity contribution in [1.29, 1.82) is 0 Å². The van der Waals surface area contributed by atoms with Gasteiger partial charge in [-0.3, -0.25) is 4.79 Å². The van der Waals surface area contributed by atoms with E-state index in [1.807, 2.05) is 0 Å². The van der Waals surface area contributed by atoms with Crippen molar-refractivity contribution in [2.45, 2.75) is 13.8 Å². The Bertz CT molecular complexity index is 359. The summed E-state index contributed by atoms with van der Waals surface area (Å²) in [5.74, 6) is -1.55. The summed E-state index contributed by atoms with van der Waals surface area (Å²) in [5.41, 5.74) is 0. The Balaban J connectivity index is 2.49. The molecule has 0 aromatic heterocycles. The van der Waals surface area contributed by atoms with Crippen LogP contribution in [0.1, 0.15) is 13.8 Å². The van der Waals surface area contributed by atoms with Crippen LogP contribution in [-0.4, -0.2) is 67.2 Å². The maximum Gasteiger partial charge on any atom is 0.320 e. The molecular weight excluding hydrogens is 244 g/mol. The first-order chi connectivity index (χ1) is 7.81. The molecule has 1 aliphatic rings. The average Bonchev–Trinajstić information content (AvgIpc) is 2.15. The number of aliphatic carboxylic acids is 1. The van der Waals surface area contributed by atoms with Gasteiger partial charge in [0.15, 0.2) is 5.75 Å². The van der Waals surface area contributed by atoms with Gasteiger partial charge in [0, 0.05) is 32.7 Å². The smallest absolute Gasteiger partial charge is 0.320 e. The summed E-state index contributed by atoms with van der Waals surface area (Å²) in [5, 5.41) is 8.53. The van der Waals surface area contributed by atoms with Crippen molar-refractivity contribution >= 4 is 16.0 Å². The SMILES string of the molecule is CC(C)CN1CCN(S(=O)(=O)CC(=O)O)CC1. The molecule has 1 heterocycles. The van der Waals surface area contributed by atoms with E-state index >= 15 is 0 Å². The molecule has 100 valence electrons. The molecular formula is C10H20N2O4S. The van der Waals surface area contributed by atoms with Crippen LogP contribution in [0.5, 0.6) is 0 Å². The number of hydrogen-bond donors (Lipinski definition) is 1. The molecule has 0 saturated carbocycles. The molecule has 0 amide bonds. The highest BCUT2D eigenvalue weighted by Crippen LogP contribution is 2.09. The fourth-order valence-corrected chi connectivity index (χ4v) is 3.17. The number of nitrogens with zero attached hydrogens (tertiary/aromatic N) is 2. The van der Waals surface area contributed by atoms with Crippen LogP contribution in [-0.2, 0) is 14.8 Å². The quantitative estimate of drug-likeness (QED) is 0.736. The molecule has 7 heteroatoms. The van der Waals surface area contributed by atoms with E-state index < -0.39 is 21.7 Å². The number of carbonyl (C=O) groups is 1. The van der Waals surface area contributed by atoms with Crippen molar-refractivity contribution in [3.63, 3.8) is 0 Å². The van der Waals surface area contributed by atoms with E-state index in [-0.39, 0.29) is 0 Å². The van der Waals surface area contributed by atoms with Gasteiger partial charge in [-0.05, 0) is 5.92 Å². The van der Waals surface area contributed by atoms with Gasteiger partial charge in [-0.1, -0.05) is 13.8 Å². The molecule has 0 aliphatic carbocycles. The molecule has 1 saturated heterocycles. The lowest BCUT2D eigenvalue weighted by Gasteiger charge is -2.34. The van der Waals surface area contributed by atoms with Crippen LogP contribution >= 0.6 is 0 Å². The van der Waals surface area contributed by atoms with Gasteiger partial charge in [0.2, 0.25) is 10.0 Å². The molecule has 1 aliphatic heterocycles. The van der Waals surface area contributed by atoms with Crippen LogP contribution in [0.3, 0.4) is 0 Å². The molecule has 0 aromatic carbocycles. The van der Waals surface area contributed by atoms with Crippen LogP contribution in [0.25, 0.3) is 0 Å². The van der Waals surface area contributed by atoms with Gasteiger partial charge in [-0.2, -0.15) is 4.31 Å². The van der Waals surface area contributed by atoms with Crippen molar-refractivity contribution in [2.24, 2.45) is 5.92 Å². The monoisotopic (exact) mass is 264 g/mol. The predicted octanol–water partition coefficient (Wildman–Crippen LogP) is -0.326. The predicted molar refractivity (Wildman–Crippen MR) is 64.3 cm³/mol. The zero-order valence-electron chi connectivity index (χ0n) is 10.3. The van der Waals surface area contributed by atoms with Crippen LogP contribution in [0.2, 0.25) is 0 Å². The summed E-state index contributed by atoms with van der Waals surface area (Å²) < 4.78 is 24.6. The van der Waals surface area contributed by atoms with Crippen LogP contribution in [0, 0.1) is 5.92 Å². The topological polar surface area (TPSA) is 77.9 Å². The first kappa shape index (κ1) is 14.4. The third-order valence-electron chi connectivity index (χ3n) is 2.65. The normalized spacial score (nSPS) is 19.7. The van der Waals surface area contributed by atoms with Crippen molar-refractivity contribution in [3.8, 4) is 0 Å². The summed E-state index contributed by atoms with van der Waals surface area (Å²) in [7, 11) is -3.63. The van der Waals surface area contributed by atoms with Crippen molar-refractivity contribution in [1.82, 2.24) is 9.21 Å². The Labute approximate surface area is 102 Å². The number of sulfonamides is 1. The van der Waals surface area contributed by atoms with Crippen molar-refractivity contribution in [3.05, 3.63) is 0 Å². The minimum Gasteiger partial charge on any atom is -0.480 e. The van der Waals surface area contributed by atoms with E-state index in [0.29, 0.717) is 32.1 Å². The number of piperazine rings is 1. The van der Waals surface area contributed by atoms with Gasteiger partial charge < -0.3 is 10.0 Å². The molecule has 1 rings (SSSR count).